The van der Waals surface area contributed by atoms with Crippen LogP contribution in [0.2, 0.25) is 0 Å². The van der Waals surface area contributed by atoms with Crippen LogP contribution in [0.4, 0.5) is 0 Å². The lowest BCUT2D eigenvalue weighted by atomic mass is 9.89. The normalized spacial score (nSPS) is 21.9. The second-order valence-electron chi connectivity index (χ2n) is 5.01. The van der Waals surface area contributed by atoms with Crippen LogP contribution in [-0.4, -0.2) is 43.4 Å². The molecule has 1 fully saturated rings. The summed E-state index contributed by atoms with van der Waals surface area (Å²) in [5.74, 6) is 0.0793. The van der Waals surface area contributed by atoms with Gasteiger partial charge < -0.3 is 16.0 Å². The van der Waals surface area contributed by atoms with Gasteiger partial charge in [-0.2, -0.15) is 0 Å². The van der Waals surface area contributed by atoms with Crippen molar-refractivity contribution in [2.75, 3.05) is 26.7 Å². The molecular weight excluding hydrogens is 218 g/mol. The van der Waals surface area contributed by atoms with Crippen LogP contribution in [0.1, 0.15) is 26.2 Å². The summed E-state index contributed by atoms with van der Waals surface area (Å²) in [5.41, 5.74) is 5.07. The zero-order chi connectivity index (χ0) is 12.8. The summed E-state index contributed by atoms with van der Waals surface area (Å²) in [5, 5.41) is 3.34. The van der Waals surface area contributed by atoms with Crippen LogP contribution in [0.3, 0.4) is 0 Å². The molecule has 5 nitrogen and oxygen atoms in total. The molecule has 5 heteroatoms. The van der Waals surface area contributed by atoms with Gasteiger partial charge in [0.2, 0.25) is 11.8 Å². The van der Waals surface area contributed by atoms with Gasteiger partial charge in [-0.05, 0) is 38.3 Å². The Hall–Kier alpha value is -1.10. The molecule has 98 valence electrons. The smallest absolute Gasteiger partial charge is 0.237 e. The lowest BCUT2D eigenvalue weighted by molar-refractivity contribution is -0.137. The minimum absolute atomic E-state index is 0.00604. The van der Waals surface area contributed by atoms with E-state index in [2.05, 4.69) is 5.32 Å². The van der Waals surface area contributed by atoms with Crippen molar-refractivity contribution in [1.29, 1.82) is 0 Å². The topological polar surface area (TPSA) is 75.4 Å². The second-order valence-corrected chi connectivity index (χ2v) is 5.01. The van der Waals surface area contributed by atoms with E-state index in [1.54, 1.807) is 7.05 Å². The second kappa shape index (κ2) is 6.59. The van der Waals surface area contributed by atoms with E-state index in [-0.39, 0.29) is 18.4 Å². The minimum Gasteiger partial charge on any atom is -0.368 e. The molecule has 0 radical (unpaired) electrons. The van der Waals surface area contributed by atoms with Gasteiger partial charge in [-0.25, -0.2) is 0 Å². The third-order valence-corrected chi connectivity index (χ3v) is 3.28. The fourth-order valence-electron chi connectivity index (χ4n) is 2.41. The van der Waals surface area contributed by atoms with Crippen molar-refractivity contribution >= 4 is 11.8 Å². The number of hydrogen-bond donors (Lipinski definition) is 2. The van der Waals surface area contributed by atoms with Crippen molar-refractivity contribution in [3.8, 4) is 0 Å². The Labute approximate surface area is 103 Å². The average Bonchev–Trinajstić information content (AvgIpc) is 2.28. The molecule has 2 amide bonds. The van der Waals surface area contributed by atoms with E-state index in [0.29, 0.717) is 5.92 Å². The number of likely N-dealkylation sites (N-methyl/N-ethyl adjacent to an activating group) is 1. The fraction of sp³-hybridized carbons (Fsp3) is 0.833. The van der Waals surface area contributed by atoms with Gasteiger partial charge in [-0.3, -0.25) is 9.59 Å². The number of nitrogens with two attached hydrogens (primary N) is 1. The number of piperidine rings is 1. The molecule has 0 aliphatic carbocycles. The molecule has 0 aromatic carbocycles. The molecule has 0 bridgehead atoms. The predicted octanol–water partition coefficient (Wildman–Crippen LogP) is -0.0441. The highest BCUT2D eigenvalue weighted by Crippen LogP contribution is 2.20. The summed E-state index contributed by atoms with van der Waals surface area (Å²) in [6, 6.07) is 0. The van der Waals surface area contributed by atoms with Gasteiger partial charge in [-0.1, -0.05) is 6.92 Å². The maximum atomic E-state index is 11.9. The Morgan fingerprint density at radius 2 is 2.24 bits per heavy atom. The van der Waals surface area contributed by atoms with Gasteiger partial charge in [0.05, 0.1) is 6.54 Å². The number of primary amides is 1. The summed E-state index contributed by atoms with van der Waals surface area (Å²) in [4.78, 5) is 24.1. The molecule has 1 saturated heterocycles. The molecule has 1 aliphatic heterocycles. The van der Waals surface area contributed by atoms with E-state index in [4.69, 9.17) is 5.73 Å². The molecule has 1 unspecified atom stereocenters. The number of rotatable bonds is 5. The summed E-state index contributed by atoms with van der Waals surface area (Å²) in [6.07, 6.45) is 3.25. The fourth-order valence-corrected chi connectivity index (χ4v) is 2.41. The molecule has 17 heavy (non-hydrogen) atoms. The molecule has 1 rings (SSSR count). The van der Waals surface area contributed by atoms with Gasteiger partial charge in [0.15, 0.2) is 0 Å². The molecule has 0 aromatic rings. The van der Waals surface area contributed by atoms with Crippen molar-refractivity contribution in [2.45, 2.75) is 26.2 Å². The van der Waals surface area contributed by atoms with Crippen LogP contribution in [0, 0.1) is 11.8 Å². The molecule has 2 atom stereocenters. The van der Waals surface area contributed by atoms with Crippen LogP contribution in [0.15, 0.2) is 0 Å². The first kappa shape index (κ1) is 14.0. The molecule has 1 heterocycles. The third-order valence-electron chi connectivity index (χ3n) is 3.28. The number of carbonyl (C=O) groups excluding carboxylic acids is 2. The first-order chi connectivity index (χ1) is 8.00. The van der Waals surface area contributed by atoms with E-state index < -0.39 is 5.91 Å². The maximum absolute atomic E-state index is 11.9. The van der Waals surface area contributed by atoms with Gasteiger partial charge in [0.1, 0.15) is 0 Å². The number of nitrogens with zero attached hydrogens (tertiary/aromatic N) is 1. The number of amides is 2. The quantitative estimate of drug-likeness (QED) is 0.709. The first-order valence-corrected chi connectivity index (χ1v) is 6.24. The van der Waals surface area contributed by atoms with E-state index in [1.165, 1.54) is 17.7 Å². The maximum Gasteiger partial charge on any atom is 0.237 e. The van der Waals surface area contributed by atoms with Gasteiger partial charge >= 0.3 is 0 Å². The highest BCUT2D eigenvalue weighted by Gasteiger charge is 2.23. The Morgan fingerprint density at radius 1 is 1.53 bits per heavy atom. The molecule has 0 saturated carbocycles. The Bertz CT molecular complexity index is 275. The Balaban J connectivity index is 2.37. The van der Waals surface area contributed by atoms with Crippen LogP contribution < -0.4 is 11.1 Å². The van der Waals surface area contributed by atoms with Crippen molar-refractivity contribution in [3.05, 3.63) is 0 Å². The number of carbonyl (C=O) groups is 2. The molecule has 3 N–H and O–H groups in total. The lowest BCUT2D eigenvalue weighted by Gasteiger charge is -2.27. The van der Waals surface area contributed by atoms with E-state index >= 15 is 0 Å². The van der Waals surface area contributed by atoms with Crippen LogP contribution in [0.25, 0.3) is 0 Å². The van der Waals surface area contributed by atoms with Gasteiger partial charge in [0, 0.05) is 13.0 Å². The Kier molecular flexibility index (Phi) is 5.41. The summed E-state index contributed by atoms with van der Waals surface area (Å²) >= 11 is 0. The first-order valence-electron chi connectivity index (χ1n) is 6.24. The van der Waals surface area contributed by atoms with E-state index in [9.17, 15) is 9.59 Å². The van der Waals surface area contributed by atoms with Crippen LogP contribution in [-0.2, 0) is 9.59 Å². The third kappa shape index (κ3) is 4.73. The summed E-state index contributed by atoms with van der Waals surface area (Å²) < 4.78 is 0. The molecule has 1 aliphatic rings. The van der Waals surface area contributed by atoms with E-state index in [0.717, 1.165) is 19.5 Å². The van der Waals surface area contributed by atoms with Crippen molar-refractivity contribution in [3.63, 3.8) is 0 Å². The average molecular weight is 241 g/mol. The molecular formula is C12H23N3O2. The van der Waals surface area contributed by atoms with Crippen LogP contribution >= 0.6 is 0 Å². The summed E-state index contributed by atoms with van der Waals surface area (Å²) in [6.45, 7) is 4.01. The molecule has 0 aromatic heterocycles. The largest absolute Gasteiger partial charge is 0.368 e. The van der Waals surface area contributed by atoms with Crippen molar-refractivity contribution < 1.29 is 9.59 Å². The van der Waals surface area contributed by atoms with Crippen LogP contribution in [0.5, 0.6) is 0 Å². The predicted molar refractivity (Wildman–Crippen MR) is 66.2 cm³/mol. The van der Waals surface area contributed by atoms with Crippen molar-refractivity contribution in [2.24, 2.45) is 17.6 Å². The highest BCUT2D eigenvalue weighted by molar-refractivity contribution is 5.84. The number of nitrogens with one attached hydrogen (secondary N) is 1. The van der Waals surface area contributed by atoms with Gasteiger partial charge in [-0.15, -0.1) is 0 Å². The van der Waals surface area contributed by atoms with E-state index in [1.807, 2.05) is 6.92 Å². The number of hydrogen-bond acceptors (Lipinski definition) is 3. The van der Waals surface area contributed by atoms with Gasteiger partial charge in [0.25, 0.3) is 0 Å². The Morgan fingerprint density at radius 3 is 2.76 bits per heavy atom. The van der Waals surface area contributed by atoms with Crippen molar-refractivity contribution in [1.82, 2.24) is 10.2 Å². The lowest BCUT2D eigenvalue weighted by Crippen LogP contribution is -2.39. The zero-order valence-corrected chi connectivity index (χ0v) is 10.7. The monoisotopic (exact) mass is 241 g/mol. The SMILES string of the molecule is C[C@@H](CC1CCCNC1)C(=O)N(C)CC(N)=O. The zero-order valence-electron chi connectivity index (χ0n) is 10.7. The summed E-state index contributed by atoms with van der Waals surface area (Å²) in [7, 11) is 1.63. The highest BCUT2D eigenvalue weighted by atomic mass is 16.2. The molecule has 0 spiro atoms. The minimum atomic E-state index is -0.465. The standard InChI is InChI=1S/C12H23N3O2/c1-9(6-10-4-3-5-14-7-10)12(17)15(2)8-11(13)16/h9-10,14H,3-8H2,1-2H3,(H2,13,16)/t9-,10?/m0/s1.